The van der Waals surface area contributed by atoms with Gasteiger partial charge in [-0.05, 0) is 11.6 Å². The molecular formula is C15H21N3O2. The first-order chi connectivity index (χ1) is 9.84. The quantitative estimate of drug-likeness (QED) is 0.870. The summed E-state index contributed by atoms with van der Waals surface area (Å²) in [6.45, 7) is 6.34. The van der Waals surface area contributed by atoms with Gasteiger partial charge in [-0.3, -0.25) is 9.69 Å². The number of hydrogen-bond acceptors (Lipinski definition) is 4. The van der Waals surface area contributed by atoms with Crippen molar-refractivity contribution in [3.8, 4) is 0 Å². The molecular weight excluding hydrogens is 254 g/mol. The molecule has 1 aromatic rings. The van der Waals surface area contributed by atoms with Gasteiger partial charge in [-0.25, -0.2) is 0 Å². The fraction of sp³-hybridized carbons (Fsp3) is 0.533. The molecule has 0 bridgehead atoms. The minimum atomic E-state index is 0.156. The van der Waals surface area contributed by atoms with E-state index >= 15 is 0 Å². The van der Waals surface area contributed by atoms with E-state index in [2.05, 4.69) is 16.3 Å². The Morgan fingerprint density at radius 3 is 2.75 bits per heavy atom. The highest BCUT2D eigenvalue weighted by Gasteiger charge is 2.22. The molecule has 0 aliphatic carbocycles. The summed E-state index contributed by atoms with van der Waals surface area (Å²) in [4.78, 5) is 16.6. The van der Waals surface area contributed by atoms with Crippen molar-refractivity contribution < 1.29 is 9.53 Å². The number of benzene rings is 1. The van der Waals surface area contributed by atoms with Crippen LogP contribution in [0.25, 0.3) is 0 Å². The third-order valence-electron chi connectivity index (χ3n) is 3.92. The van der Waals surface area contributed by atoms with Gasteiger partial charge in [0.05, 0.1) is 19.8 Å². The van der Waals surface area contributed by atoms with E-state index in [-0.39, 0.29) is 5.91 Å². The second kappa shape index (κ2) is 6.35. The first-order valence-electron chi connectivity index (χ1n) is 7.24. The number of fused-ring (bicyclic) bond motifs is 1. The van der Waals surface area contributed by atoms with Crippen LogP contribution in [-0.4, -0.2) is 56.7 Å². The molecule has 2 heterocycles. The van der Waals surface area contributed by atoms with Crippen molar-refractivity contribution in [3.05, 3.63) is 29.8 Å². The van der Waals surface area contributed by atoms with E-state index in [0.29, 0.717) is 6.54 Å². The fourth-order valence-electron chi connectivity index (χ4n) is 2.77. The molecule has 1 N–H and O–H groups in total. The van der Waals surface area contributed by atoms with E-state index in [0.717, 1.165) is 51.6 Å². The van der Waals surface area contributed by atoms with Crippen molar-refractivity contribution in [2.75, 3.05) is 50.8 Å². The minimum absolute atomic E-state index is 0.156. The van der Waals surface area contributed by atoms with Crippen molar-refractivity contribution in [1.82, 2.24) is 10.2 Å². The summed E-state index contributed by atoms with van der Waals surface area (Å²) in [6.07, 6.45) is 0. The summed E-state index contributed by atoms with van der Waals surface area (Å²) >= 11 is 0. The van der Waals surface area contributed by atoms with Crippen LogP contribution in [0.4, 0.5) is 5.69 Å². The van der Waals surface area contributed by atoms with Crippen molar-refractivity contribution in [1.29, 1.82) is 0 Å². The average molecular weight is 275 g/mol. The molecule has 1 fully saturated rings. The number of hydrogen-bond donors (Lipinski definition) is 1. The van der Waals surface area contributed by atoms with Gasteiger partial charge < -0.3 is 15.0 Å². The molecule has 5 heteroatoms. The molecule has 2 aliphatic rings. The number of carbonyl (C=O) groups is 1. The largest absolute Gasteiger partial charge is 0.379 e. The Kier molecular flexibility index (Phi) is 4.30. The maximum absolute atomic E-state index is 12.3. The number of morpholine rings is 1. The third kappa shape index (κ3) is 3.00. The number of nitrogens with one attached hydrogen (secondary N) is 1. The zero-order valence-electron chi connectivity index (χ0n) is 11.7. The van der Waals surface area contributed by atoms with Gasteiger partial charge >= 0.3 is 0 Å². The molecule has 1 saturated heterocycles. The molecule has 2 aliphatic heterocycles. The summed E-state index contributed by atoms with van der Waals surface area (Å²) in [5.74, 6) is 0.156. The average Bonchev–Trinajstić information content (AvgIpc) is 2.65. The lowest BCUT2D eigenvalue weighted by atomic mass is 10.1. The molecule has 108 valence electrons. The Labute approximate surface area is 119 Å². The molecule has 5 nitrogen and oxygen atoms in total. The minimum Gasteiger partial charge on any atom is -0.379 e. The van der Waals surface area contributed by atoms with E-state index in [1.54, 1.807) is 0 Å². The highest BCUT2D eigenvalue weighted by molar-refractivity contribution is 5.96. The van der Waals surface area contributed by atoms with E-state index in [4.69, 9.17) is 4.74 Å². The van der Waals surface area contributed by atoms with Gasteiger partial charge in [-0.15, -0.1) is 0 Å². The summed E-state index contributed by atoms with van der Waals surface area (Å²) in [5.41, 5.74) is 2.25. The highest BCUT2D eigenvalue weighted by atomic mass is 16.5. The maximum Gasteiger partial charge on any atom is 0.240 e. The van der Waals surface area contributed by atoms with Gasteiger partial charge in [-0.1, -0.05) is 18.2 Å². The van der Waals surface area contributed by atoms with E-state index in [9.17, 15) is 4.79 Å². The Morgan fingerprint density at radius 1 is 1.10 bits per heavy atom. The second-order valence-electron chi connectivity index (χ2n) is 5.23. The lowest BCUT2D eigenvalue weighted by molar-refractivity contribution is -0.117. The highest BCUT2D eigenvalue weighted by Crippen LogP contribution is 2.22. The van der Waals surface area contributed by atoms with E-state index in [1.165, 1.54) is 5.56 Å². The number of nitrogens with zero attached hydrogens (tertiary/aromatic N) is 2. The maximum atomic E-state index is 12.3. The summed E-state index contributed by atoms with van der Waals surface area (Å²) in [7, 11) is 0. The molecule has 0 aromatic heterocycles. The Hall–Kier alpha value is -1.43. The van der Waals surface area contributed by atoms with Gasteiger partial charge in [0.1, 0.15) is 0 Å². The van der Waals surface area contributed by atoms with Gasteiger partial charge in [0.25, 0.3) is 0 Å². The topological polar surface area (TPSA) is 44.8 Å². The zero-order valence-corrected chi connectivity index (χ0v) is 11.7. The zero-order chi connectivity index (χ0) is 13.8. The first-order valence-corrected chi connectivity index (χ1v) is 7.24. The monoisotopic (exact) mass is 275 g/mol. The number of ether oxygens (including phenoxy) is 1. The van der Waals surface area contributed by atoms with Crippen LogP contribution in [0.5, 0.6) is 0 Å². The Balaban J connectivity index is 1.71. The molecule has 1 amide bonds. The van der Waals surface area contributed by atoms with Crippen molar-refractivity contribution in [2.45, 2.75) is 6.54 Å². The molecule has 3 rings (SSSR count). The van der Waals surface area contributed by atoms with Crippen LogP contribution < -0.4 is 10.2 Å². The lowest BCUT2D eigenvalue weighted by Gasteiger charge is -2.30. The van der Waals surface area contributed by atoms with Gasteiger partial charge in [0, 0.05) is 38.4 Å². The van der Waals surface area contributed by atoms with Crippen LogP contribution in [0.1, 0.15) is 5.56 Å². The Morgan fingerprint density at radius 2 is 1.90 bits per heavy atom. The molecule has 0 saturated carbocycles. The number of amides is 1. The van der Waals surface area contributed by atoms with Crippen molar-refractivity contribution >= 4 is 11.6 Å². The van der Waals surface area contributed by atoms with Crippen LogP contribution in [0, 0.1) is 0 Å². The van der Waals surface area contributed by atoms with Crippen LogP contribution in [0.15, 0.2) is 24.3 Å². The van der Waals surface area contributed by atoms with E-state index < -0.39 is 0 Å². The van der Waals surface area contributed by atoms with Gasteiger partial charge in [-0.2, -0.15) is 0 Å². The van der Waals surface area contributed by atoms with E-state index in [1.807, 2.05) is 23.1 Å². The number of anilines is 1. The van der Waals surface area contributed by atoms with Crippen molar-refractivity contribution in [2.24, 2.45) is 0 Å². The predicted molar refractivity (Wildman–Crippen MR) is 77.8 cm³/mol. The second-order valence-corrected chi connectivity index (χ2v) is 5.23. The van der Waals surface area contributed by atoms with Crippen LogP contribution in [0.2, 0.25) is 0 Å². The van der Waals surface area contributed by atoms with Gasteiger partial charge in [0.15, 0.2) is 0 Å². The van der Waals surface area contributed by atoms with Crippen LogP contribution in [-0.2, 0) is 16.1 Å². The van der Waals surface area contributed by atoms with Crippen molar-refractivity contribution in [3.63, 3.8) is 0 Å². The molecule has 20 heavy (non-hydrogen) atoms. The molecule has 0 unspecified atom stereocenters. The first kappa shape index (κ1) is 13.5. The molecule has 0 radical (unpaired) electrons. The Bertz CT molecular complexity index is 472. The molecule has 1 aromatic carbocycles. The van der Waals surface area contributed by atoms with Gasteiger partial charge in [0.2, 0.25) is 5.91 Å². The molecule has 0 spiro atoms. The summed E-state index contributed by atoms with van der Waals surface area (Å²) in [6, 6.07) is 8.15. The SMILES string of the molecule is O=C1CNCc2ccccc2N1CCN1CCOCC1. The lowest BCUT2D eigenvalue weighted by Crippen LogP contribution is -2.44. The predicted octanol–water partition coefficient (Wildman–Crippen LogP) is 0.455. The number of carbonyl (C=O) groups excluding carboxylic acids is 1. The summed E-state index contributed by atoms with van der Waals surface area (Å²) in [5, 5.41) is 3.20. The van der Waals surface area contributed by atoms with Crippen LogP contribution in [0.3, 0.4) is 0 Å². The fourth-order valence-corrected chi connectivity index (χ4v) is 2.77. The normalized spacial score (nSPS) is 20.6. The smallest absolute Gasteiger partial charge is 0.240 e. The molecule has 0 atom stereocenters. The third-order valence-corrected chi connectivity index (χ3v) is 3.92. The van der Waals surface area contributed by atoms with Crippen LogP contribution >= 0.6 is 0 Å². The number of rotatable bonds is 3. The number of para-hydroxylation sites is 1. The standard InChI is InChI=1S/C15H21N3O2/c19-15-12-16-11-13-3-1-2-4-14(13)18(15)6-5-17-7-9-20-10-8-17/h1-4,16H,5-12H2. The summed E-state index contributed by atoms with van der Waals surface area (Å²) < 4.78 is 5.36.